The number of thioether (sulfide) groups is 1. The molecule has 0 atom stereocenters. The third-order valence-electron chi connectivity index (χ3n) is 5.73. The van der Waals surface area contributed by atoms with E-state index >= 15 is 0 Å². The predicted molar refractivity (Wildman–Crippen MR) is 146 cm³/mol. The number of nitrogens with one attached hydrogen (secondary N) is 1. The number of rotatable bonds is 7. The molecule has 2 aliphatic heterocycles. The zero-order valence-electron chi connectivity index (χ0n) is 20.2. The van der Waals surface area contributed by atoms with E-state index < -0.39 is 16.0 Å². The molecule has 2 heterocycles. The Morgan fingerprint density at radius 3 is 2.37 bits per heavy atom. The summed E-state index contributed by atoms with van der Waals surface area (Å²) in [5.74, 6) is 0.0644. The van der Waals surface area contributed by atoms with Gasteiger partial charge in [0.15, 0.2) is 16.7 Å². The fourth-order valence-corrected chi connectivity index (χ4v) is 5.66. The van der Waals surface area contributed by atoms with Crippen molar-refractivity contribution in [2.75, 3.05) is 14.2 Å². The molecule has 0 aromatic heterocycles. The van der Waals surface area contributed by atoms with Gasteiger partial charge < -0.3 is 13.7 Å². The van der Waals surface area contributed by atoms with Crippen LogP contribution >= 0.6 is 11.8 Å². The Labute approximate surface area is 223 Å². The highest BCUT2D eigenvalue weighted by atomic mass is 32.2. The molecular weight excluding hydrogens is 526 g/mol. The van der Waals surface area contributed by atoms with Gasteiger partial charge in [0.1, 0.15) is 16.5 Å². The molecule has 0 aliphatic carbocycles. The van der Waals surface area contributed by atoms with Crippen LogP contribution in [0.1, 0.15) is 11.1 Å². The van der Waals surface area contributed by atoms with Gasteiger partial charge in [0.25, 0.3) is 5.91 Å². The van der Waals surface area contributed by atoms with Crippen LogP contribution in [0.15, 0.2) is 93.7 Å². The molecule has 1 N–H and O–H groups in total. The van der Waals surface area contributed by atoms with E-state index in [0.717, 1.165) is 11.3 Å². The van der Waals surface area contributed by atoms with Gasteiger partial charge >= 0.3 is 10.1 Å². The molecule has 0 bridgehead atoms. The summed E-state index contributed by atoms with van der Waals surface area (Å²) in [7, 11) is -1.28. The van der Waals surface area contributed by atoms with E-state index in [0.29, 0.717) is 16.5 Å². The molecule has 3 aromatic rings. The number of methoxy groups -OCH3 is 2. The molecule has 192 valence electrons. The molecule has 3 aromatic carbocycles. The summed E-state index contributed by atoms with van der Waals surface area (Å²) in [5.41, 5.74) is 2.23. The van der Waals surface area contributed by atoms with E-state index in [-0.39, 0.29) is 27.8 Å². The van der Waals surface area contributed by atoms with Gasteiger partial charge in [-0.15, -0.1) is 0 Å². The van der Waals surface area contributed by atoms with Crippen molar-refractivity contribution in [2.45, 2.75) is 4.90 Å². The van der Waals surface area contributed by atoms with E-state index in [1.54, 1.807) is 11.0 Å². The molecule has 1 amide bonds. The van der Waals surface area contributed by atoms with Crippen LogP contribution in [0.2, 0.25) is 0 Å². The Morgan fingerprint density at radius 1 is 0.947 bits per heavy atom. The fraction of sp³-hybridized carbons (Fsp3) is 0.0741. The zero-order valence-corrected chi connectivity index (χ0v) is 21.9. The molecule has 0 unspecified atom stereocenters. The quantitative estimate of drug-likeness (QED) is 0.332. The van der Waals surface area contributed by atoms with Crippen LogP contribution in [0.4, 0.5) is 0 Å². The van der Waals surface area contributed by atoms with Crippen LogP contribution in [0.5, 0.6) is 17.2 Å². The SMILES string of the molecule is COc1ccc(S(=O)(=O)Oc2ccc(/C=C3/C(=N)N4C(c5ccccc5)=CSC4=NC3=O)cc2OC)cc1. The standard InChI is InChI=1S/C27H21N3O6S2/c1-34-19-9-11-20(12-10-19)38(32,33)36-23-13-8-17(15-24(23)35-2)14-21-25(28)30-22(18-6-4-3-5-7-18)16-37-27(30)29-26(21)31/h3-16,28H,1-2H3/b21-14-,28-25?. The van der Waals surface area contributed by atoms with Crippen molar-refractivity contribution in [3.05, 3.63) is 94.9 Å². The van der Waals surface area contributed by atoms with Gasteiger partial charge in [-0.2, -0.15) is 13.4 Å². The first-order chi connectivity index (χ1) is 18.3. The Kier molecular flexibility index (Phi) is 6.79. The monoisotopic (exact) mass is 547 g/mol. The Morgan fingerprint density at radius 2 is 1.68 bits per heavy atom. The van der Waals surface area contributed by atoms with Crippen molar-refractivity contribution in [3.8, 4) is 17.2 Å². The van der Waals surface area contributed by atoms with E-state index in [2.05, 4.69) is 4.99 Å². The molecule has 2 aliphatic rings. The highest BCUT2D eigenvalue weighted by Gasteiger charge is 2.36. The summed E-state index contributed by atoms with van der Waals surface area (Å²) in [6.45, 7) is 0. The smallest absolute Gasteiger partial charge is 0.339 e. The van der Waals surface area contributed by atoms with Gasteiger partial charge in [-0.3, -0.25) is 15.1 Å². The highest BCUT2D eigenvalue weighted by Crippen LogP contribution is 2.38. The minimum Gasteiger partial charge on any atom is -0.497 e. The molecule has 0 fully saturated rings. The first-order valence-corrected chi connectivity index (χ1v) is 13.5. The van der Waals surface area contributed by atoms with Gasteiger partial charge in [0.05, 0.1) is 25.5 Å². The molecule has 0 radical (unpaired) electrons. The molecule has 9 nitrogen and oxygen atoms in total. The second-order valence-electron chi connectivity index (χ2n) is 8.05. The number of benzene rings is 3. The van der Waals surface area contributed by atoms with Gasteiger partial charge in [-0.05, 0) is 53.6 Å². The minimum atomic E-state index is -4.14. The number of fused-ring (bicyclic) bond motifs is 1. The highest BCUT2D eigenvalue weighted by molar-refractivity contribution is 8.17. The Balaban J connectivity index is 1.43. The molecule has 5 rings (SSSR count). The van der Waals surface area contributed by atoms with Gasteiger partial charge in [-0.25, -0.2) is 0 Å². The van der Waals surface area contributed by atoms with Crippen molar-refractivity contribution in [2.24, 2.45) is 4.99 Å². The molecular formula is C27H21N3O6S2. The maximum absolute atomic E-state index is 12.8. The largest absolute Gasteiger partial charge is 0.497 e. The second-order valence-corrected chi connectivity index (χ2v) is 10.4. The number of aliphatic imine (C=N–C) groups is 1. The lowest BCUT2D eigenvalue weighted by Crippen LogP contribution is -2.38. The maximum Gasteiger partial charge on any atom is 0.339 e. The topological polar surface area (TPSA) is 118 Å². The van der Waals surface area contributed by atoms with Crippen LogP contribution in [0.25, 0.3) is 11.8 Å². The number of nitrogens with zero attached hydrogens (tertiary/aromatic N) is 2. The van der Waals surface area contributed by atoms with E-state index in [1.807, 2.05) is 35.7 Å². The van der Waals surface area contributed by atoms with Gasteiger partial charge in [0, 0.05) is 5.41 Å². The van der Waals surface area contributed by atoms with Crippen molar-refractivity contribution in [3.63, 3.8) is 0 Å². The zero-order chi connectivity index (χ0) is 26.9. The molecule has 0 saturated carbocycles. The summed E-state index contributed by atoms with van der Waals surface area (Å²) < 4.78 is 41.3. The number of ether oxygens (including phenoxy) is 2. The second kappa shape index (κ2) is 10.2. The summed E-state index contributed by atoms with van der Waals surface area (Å²) in [5, 5.41) is 11.0. The fourth-order valence-electron chi connectivity index (χ4n) is 3.83. The summed E-state index contributed by atoms with van der Waals surface area (Å²) in [6, 6.07) is 19.9. The number of hydrogen-bond acceptors (Lipinski definition) is 8. The minimum absolute atomic E-state index is 0.0125. The first-order valence-electron chi connectivity index (χ1n) is 11.2. The van der Waals surface area contributed by atoms with Gasteiger partial charge in [0.2, 0.25) is 0 Å². The predicted octanol–water partition coefficient (Wildman–Crippen LogP) is 4.78. The van der Waals surface area contributed by atoms with E-state index in [1.165, 1.54) is 68.5 Å². The first kappa shape index (κ1) is 25.3. The normalized spacial score (nSPS) is 16.2. The van der Waals surface area contributed by atoms with E-state index in [4.69, 9.17) is 19.1 Å². The number of hydrogen-bond donors (Lipinski definition) is 1. The van der Waals surface area contributed by atoms with Crippen molar-refractivity contribution < 1.29 is 26.9 Å². The van der Waals surface area contributed by atoms with Crippen LogP contribution in [0.3, 0.4) is 0 Å². The Bertz CT molecular complexity index is 1630. The number of amides is 1. The summed E-state index contributed by atoms with van der Waals surface area (Å²) >= 11 is 1.28. The van der Waals surface area contributed by atoms with Crippen molar-refractivity contribution >= 4 is 50.6 Å². The number of carbonyl (C=O) groups is 1. The van der Waals surface area contributed by atoms with E-state index in [9.17, 15) is 13.2 Å². The number of carbonyl (C=O) groups excluding carboxylic acids is 1. The lowest BCUT2D eigenvalue weighted by Gasteiger charge is -2.27. The third-order valence-corrected chi connectivity index (χ3v) is 7.80. The maximum atomic E-state index is 12.8. The van der Waals surface area contributed by atoms with Gasteiger partial charge in [-0.1, -0.05) is 48.2 Å². The molecule has 38 heavy (non-hydrogen) atoms. The van der Waals surface area contributed by atoms with Crippen molar-refractivity contribution in [1.82, 2.24) is 4.90 Å². The summed E-state index contributed by atoms with van der Waals surface area (Å²) in [6.07, 6.45) is 1.51. The number of amidine groups is 2. The average Bonchev–Trinajstić information content (AvgIpc) is 3.36. The average molecular weight is 548 g/mol. The van der Waals surface area contributed by atoms with Crippen molar-refractivity contribution in [1.29, 1.82) is 5.41 Å². The Hall–Kier alpha value is -4.35. The molecule has 0 saturated heterocycles. The van der Waals surface area contributed by atoms with Crippen LogP contribution < -0.4 is 13.7 Å². The lowest BCUT2D eigenvalue weighted by atomic mass is 10.1. The third kappa shape index (κ3) is 4.81. The summed E-state index contributed by atoms with van der Waals surface area (Å²) in [4.78, 5) is 18.5. The molecule has 0 spiro atoms. The van der Waals surface area contributed by atoms with Crippen LogP contribution in [0, 0.1) is 5.41 Å². The molecule has 11 heteroatoms. The lowest BCUT2D eigenvalue weighted by molar-refractivity contribution is -0.114. The van der Waals surface area contributed by atoms with Crippen LogP contribution in [-0.2, 0) is 14.9 Å². The van der Waals surface area contributed by atoms with Crippen LogP contribution in [-0.4, -0.2) is 44.4 Å².